The molecule has 0 atom stereocenters. The molecule has 1 saturated heterocycles. The summed E-state index contributed by atoms with van der Waals surface area (Å²) in [6.07, 6.45) is -2.29. The summed E-state index contributed by atoms with van der Waals surface area (Å²) in [4.78, 5) is 0. The van der Waals surface area contributed by atoms with E-state index in [-0.39, 0.29) is 5.88 Å². The maximum Gasteiger partial charge on any atom is 0.435 e. The molecule has 7 heteroatoms. The van der Waals surface area contributed by atoms with Crippen LogP contribution in [-0.4, -0.2) is 23.3 Å². The molecule has 1 aromatic carbocycles. The summed E-state index contributed by atoms with van der Waals surface area (Å²) < 4.78 is 42.7. The van der Waals surface area contributed by atoms with Gasteiger partial charge in [0.2, 0.25) is 5.88 Å². The highest BCUT2D eigenvalue weighted by Gasteiger charge is 2.33. The molecule has 0 spiro atoms. The van der Waals surface area contributed by atoms with E-state index >= 15 is 0 Å². The van der Waals surface area contributed by atoms with Gasteiger partial charge in [0.05, 0.1) is 0 Å². The van der Waals surface area contributed by atoms with E-state index in [9.17, 15) is 13.2 Å². The van der Waals surface area contributed by atoms with Crippen LogP contribution in [0.5, 0.6) is 11.6 Å². The Morgan fingerprint density at radius 1 is 0.957 bits per heavy atom. The number of halogens is 3. The van der Waals surface area contributed by atoms with Crippen molar-refractivity contribution in [2.45, 2.75) is 24.9 Å². The third-order valence-electron chi connectivity index (χ3n) is 3.84. The van der Waals surface area contributed by atoms with E-state index in [0.29, 0.717) is 11.7 Å². The van der Waals surface area contributed by atoms with Gasteiger partial charge in [0.1, 0.15) is 5.75 Å². The van der Waals surface area contributed by atoms with Gasteiger partial charge >= 0.3 is 6.18 Å². The summed E-state index contributed by atoms with van der Waals surface area (Å²) in [5, 5.41) is 9.91. The molecule has 1 aliphatic rings. The van der Waals surface area contributed by atoms with E-state index < -0.39 is 11.9 Å². The van der Waals surface area contributed by atoms with E-state index in [1.807, 2.05) is 12.1 Å². The molecule has 0 aliphatic carbocycles. The fourth-order valence-corrected chi connectivity index (χ4v) is 2.61. The SMILES string of the molecule is FC(F)(F)c1ccc(Oc2ccc(C3CCNCC3)cc2)nn1. The van der Waals surface area contributed by atoms with Crippen molar-refractivity contribution < 1.29 is 17.9 Å². The number of rotatable bonds is 3. The molecule has 0 unspecified atom stereocenters. The Labute approximate surface area is 131 Å². The van der Waals surface area contributed by atoms with E-state index in [4.69, 9.17) is 4.74 Å². The Bertz CT molecular complexity index is 635. The van der Waals surface area contributed by atoms with Crippen LogP contribution in [0, 0.1) is 0 Å². The number of nitrogens with one attached hydrogen (secondary N) is 1. The first-order valence-electron chi connectivity index (χ1n) is 7.42. The van der Waals surface area contributed by atoms with E-state index in [1.165, 1.54) is 5.56 Å². The monoisotopic (exact) mass is 323 g/mol. The molecule has 0 radical (unpaired) electrons. The second-order valence-corrected chi connectivity index (χ2v) is 5.45. The zero-order valence-electron chi connectivity index (χ0n) is 12.3. The Balaban J connectivity index is 1.66. The number of ether oxygens (including phenoxy) is 1. The highest BCUT2D eigenvalue weighted by molar-refractivity contribution is 5.32. The smallest absolute Gasteiger partial charge is 0.435 e. The Kier molecular flexibility index (Phi) is 4.47. The number of benzene rings is 1. The summed E-state index contributed by atoms with van der Waals surface area (Å²) in [7, 11) is 0. The lowest BCUT2D eigenvalue weighted by Gasteiger charge is -2.23. The zero-order chi connectivity index (χ0) is 16.3. The van der Waals surface area contributed by atoms with Crippen molar-refractivity contribution in [2.75, 3.05) is 13.1 Å². The summed E-state index contributed by atoms with van der Waals surface area (Å²) >= 11 is 0. The number of hydrogen-bond acceptors (Lipinski definition) is 4. The summed E-state index contributed by atoms with van der Waals surface area (Å²) in [5.41, 5.74) is 0.212. The standard InChI is InChI=1S/C16H16F3N3O/c17-16(18,19)14-5-6-15(22-21-14)23-13-3-1-11(2-4-13)12-7-9-20-10-8-12/h1-6,12,20H,7-10H2. The van der Waals surface area contributed by atoms with Crippen molar-refractivity contribution in [3.8, 4) is 11.6 Å². The fraction of sp³-hybridized carbons (Fsp3) is 0.375. The van der Waals surface area contributed by atoms with Crippen LogP contribution < -0.4 is 10.1 Å². The van der Waals surface area contributed by atoms with Gasteiger partial charge in [0.25, 0.3) is 0 Å². The maximum atomic E-state index is 12.4. The molecule has 1 aliphatic heterocycles. The van der Waals surface area contributed by atoms with Crippen LogP contribution >= 0.6 is 0 Å². The largest absolute Gasteiger partial charge is 0.438 e. The number of nitrogens with zero attached hydrogens (tertiary/aromatic N) is 2. The van der Waals surface area contributed by atoms with Crippen molar-refractivity contribution in [3.05, 3.63) is 47.7 Å². The minimum Gasteiger partial charge on any atom is -0.438 e. The average Bonchev–Trinajstić information content (AvgIpc) is 2.56. The van der Waals surface area contributed by atoms with Gasteiger partial charge in [0, 0.05) is 6.07 Å². The van der Waals surface area contributed by atoms with Gasteiger partial charge < -0.3 is 10.1 Å². The van der Waals surface area contributed by atoms with Gasteiger partial charge in [-0.05, 0) is 55.6 Å². The van der Waals surface area contributed by atoms with Gasteiger partial charge in [-0.1, -0.05) is 12.1 Å². The quantitative estimate of drug-likeness (QED) is 0.934. The Hall–Kier alpha value is -2.15. The molecule has 0 amide bonds. The van der Waals surface area contributed by atoms with Crippen LogP contribution in [-0.2, 0) is 6.18 Å². The average molecular weight is 323 g/mol. The first kappa shape index (κ1) is 15.7. The van der Waals surface area contributed by atoms with Crippen LogP contribution in [0.25, 0.3) is 0 Å². The Morgan fingerprint density at radius 3 is 2.22 bits per heavy atom. The molecule has 2 aromatic rings. The Morgan fingerprint density at radius 2 is 1.65 bits per heavy atom. The minimum absolute atomic E-state index is 0.0348. The van der Waals surface area contributed by atoms with E-state index in [1.54, 1.807) is 12.1 Å². The van der Waals surface area contributed by atoms with E-state index in [2.05, 4.69) is 15.5 Å². The normalized spacial score (nSPS) is 16.3. The molecular formula is C16H16F3N3O. The van der Waals surface area contributed by atoms with Gasteiger partial charge in [-0.15, -0.1) is 10.2 Å². The van der Waals surface area contributed by atoms with Gasteiger partial charge in [0.15, 0.2) is 5.69 Å². The number of aromatic nitrogens is 2. The maximum absolute atomic E-state index is 12.4. The molecule has 122 valence electrons. The third-order valence-corrected chi connectivity index (χ3v) is 3.84. The van der Waals surface area contributed by atoms with Crippen molar-refractivity contribution in [1.82, 2.24) is 15.5 Å². The van der Waals surface area contributed by atoms with Crippen LogP contribution in [0.1, 0.15) is 30.0 Å². The number of alkyl halides is 3. The van der Waals surface area contributed by atoms with Gasteiger partial charge in [-0.25, -0.2) is 0 Å². The van der Waals surface area contributed by atoms with Crippen LogP contribution in [0.2, 0.25) is 0 Å². The molecule has 23 heavy (non-hydrogen) atoms. The summed E-state index contributed by atoms with van der Waals surface area (Å²) in [6.45, 7) is 2.04. The number of piperidine rings is 1. The molecular weight excluding hydrogens is 307 g/mol. The predicted molar refractivity (Wildman–Crippen MR) is 78.4 cm³/mol. The second kappa shape index (κ2) is 6.54. The molecule has 1 N–H and O–H groups in total. The molecule has 0 saturated carbocycles. The van der Waals surface area contributed by atoms with Crippen molar-refractivity contribution in [1.29, 1.82) is 0 Å². The molecule has 0 bridgehead atoms. The van der Waals surface area contributed by atoms with Crippen molar-refractivity contribution >= 4 is 0 Å². The van der Waals surface area contributed by atoms with Crippen LogP contribution in [0.3, 0.4) is 0 Å². The summed E-state index contributed by atoms with van der Waals surface area (Å²) in [5.74, 6) is 1.10. The topological polar surface area (TPSA) is 47.0 Å². The molecule has 4 nitrogen and oxygen atoms in total. The lowest BCUT2D eigenvalue weighted by atomic mass is 9.90. The number of hydrogen-bond donors (Lipinski definition) is 1. The van der Waals surface area contributed by atoms with Crippen molar-refractivity contribution in [3.63, 3.8) is 0 Å². The molecule has 1 aromatic heterocycles. The predicted octanol–water partition coefficient (Wildman–Crippen LogP) is 3.75. The van der Waals surface area contributed by atoms with E-state index in [0.717, 1.165) is 38.1 Å². The highest BCUT2D eigenvalue weighted by atomic mass is 19.4. The molecule has 3 rings (SSSR count). The minimum atomic E-state index is -4.50. The van der Waals surface area contributed by atoms with Gasteiger partial charge in [-0.2, -0.15) is 13.2 Å². The zero-order valence-corrected chi connectivity index (χ0v) is 12.3. The fourth-order valence-electron chi connectivity index (χ4n) is 2.61. The highest BCUT2D eigenvalue weighted by Crippen LogP contribution is 2.30. The first-order valence-corrected chi connectivity index (χ1v) is 7.42. The van der Waals surface area contributed by atoms with Crippen molar-refractivity contribution in [2.24, 2.45) is 0 Å². The van der Waals surface area contributed by atoms with Crippen LogP contribution in [0.4, 0.5) is 13.2 Å². The lowest BCUT2D eigenvalue weighted by molar-refractivity contribution is -0.141. The second-order valence-electron chi connectivity index (χ2n) is 5.45. The molecule has 1 fully saturated rings. The first-order chi connectivity index (χ1) is 11.0. The lowest BCUT2D eigenvalue weighted by Crippen LogP contribution is -2.26. The summed E-state index contributed by atoms with van der Waals surface area (Å²) in [6, 6.07) is 9.60. The van der Waals surface area contributed by atoms with Crippen LogP contribution in [0.15, 0.2) is 36.4 Å². The van der Waals surface area contributed by atoms with Gasteiger partial charge in [-0.3, -0.25) is 0 Å². The molecule has 2 heterocycles. The third kappa shape index (κ3) is 3.98.